The summed E-state index contributed by atoms with van der Waals surface area (Å²) in [5.74, 6) is 1.43. The Hall–Kier alpha value is -3.46. The van der Waals surface area contributed by atoms with Gasteiger partial charge in [0.2, 0.25) is 5.95 Å². The molecule has 0 saturated carbocycles. The Kier molecular flexibility index (Phi) is 5.62. The van der Waals surface area contributed by atoms with Crippen molar-refractivity contribution >= 4 is 11.8 Å². The van der Waals surface area contributed by atoms with Crippen LogP contribution in [0.3, 0.4) is 0 Å². The summed E-state index contributed by atoms with van der Waals surface area (Å²) < 4.78 is 9.64. The number of fused-ring (bicyclic) bond motifs is 3. The summed E-state index contributed by atoms with van der Waals surface area (Å²) in [5.41, 5.74) is 10.3. The molecule has 1 aliphatic heterocycles. The summed E-state index contributed by atoms with van der Waals surface area (Å²) in [6.07, 6.45) is 7.44. The van der Waals surface area contributed by atoms with Crippen molar-refractivity contribution < 1.29 is 9.84 Å². The molecule has 9 heteroatoms. The van der Waals surface area contributed by atoms with Crippen molar-refractivity contribution in [3.05, 3.63) is 48.1 Å². The number of aliphatic hydroxyl groups is 1. The highest BCUT2D eigenvalue weighted by molar-refractivity contribution is 6.10. The second kappa shape index (κ2) is 8.50. The van der Waals surface area contributed by atoms with Crippen LogP contribution in [0.1, 0.15) is 31.0 Å². The van der Waals surface area contributed by atoms with E-state index in [2.05, 4.69) is 28.9 Å². The first kappa shape index (κ1) is 19.8. The normalized spacial score (nSPS) is 13.9. The molecule has 30 heavy (non-hydrogen) atoms. The van der Waals surface area contributed by atoms with Gasteiger partial charge in [-0.15, -0.1) is 0 Å². The summed E-state index contributed by atoms with van der Waals surface area (Å²) in [7, 11) is 0. The van der Waals surface area contributed by atoms with Crippen molar-refractivity contribution in [3.8, 4) is 23.0 Å². The number of aliphatic imine (C=N–C) groups is 1. The molecule has 1 aliphatic rings. The summed E-state index contributed by atoms with van der Waals surface area (Å²) in [6, 6.07) is 6.09. The molecular weight excluding hydrogens is 382 g/mol. The quantitative estimate of drug-likeness (QED) is 0.604. The summed E-state index contributed by atoms with van der Waals surface area (Å²) in [4.78, 5) is 8.55. The minimum Gasteiger partial charge on any atom is -0.493 e. The van der Waals surface area contributed by atoms with Crippen LogP contribution in [0.4, 0.5) is 0 Å². The van der Waals surface area contributed by atoms with Gasteiger partial charge in [0.1, 0.15) is 12.1 Å². The van der Waals surface area contributed by atoms with E-state index < -0.39 is 0 Å². The molecule has 2 aromatic heterocycles. The van der Waals surface area contributed by atoms with Crippen molar-refractivity contribution in [3.63, 3.8) is 0 Å². The fourth-order valence-corrected chi connectivity index (χ4v) is 3.42. The first-order chi connectivity index (χ1) is 14.6. The number of nitrogens with zero attached hydrogens (tertiary/aromatic N) is 6. The third kappa shape index (κ3) is 3.71. The zero-order valence-corrected chi connectivity index (χ0v) is 17.1. The predicted molar refractivity (Wildman–Crippen MR) is 115 cm³/mol. The number of aliphatic hydroxyl groups excluding tert-OH is 1. The zero-order valence-electron chi connectivity index (χ0n) is 17.1. The first-order valence-corrected chi connectivity index (χ1v) is 9.91. The maximum Gasteiger partial charge on any atom is 0.249 e. The Morgan fingerprint density at radius 3 is 3.03 bits per heavy atom. The smallest absolute Gasteiger partial charge is 0.249 e. The Morgan fingerprint density at radius 2 is 2.27 bits per heavy atom. The molecule has 3 heterocycles. The number of ether oxygens (including phenoxy) is 1. The molecule has 0 unspecified atom stereocenters. The number of nitrogens with two attached hydrogens (primary N) is 1. The number of hydrogen-bond acceptors (Lipinski definition) is 7. The van der Waals surface area contributed by atoms with E-state index in [1.54, 1.807) is 17.2 Å². The third-order valence-electron chi connectivity index (χ3n) is 4.88. The Morgan fingerprint density at radius 1 is 1.40 bits per heavy atom. The van der Waals surface area contributed by atoms with Gasteiger partial charge in [-0.3, -0.25) is 4.99 Å². The molecule has 0 amide bonds. The lowest BCUT2D eigenvalue weighted by atomic mass is 10.0. The largest absolute Gasteiger partial charge is 0.493 e. The average molecular weight is 407 g/mol. The van der Waals surface area contributed by atoms with Gasteiger partial charge < -0.3 is 15.6 Å². The van der Waals surface area contributed by atoms with Crippen LogP contribution in [-0.2, 0) is 6.42 Å². The Bertz CT molecular complexity index is 1090. The van der Waals surface area contributed by atoms with E-state index in [-0.39, 0.29) is 12.6 Å². The SMILES string of the molecule is CC(C)n1ncnc1-n1cc2c(n1)-c1ccc(C(C=NCCO)=CN)cc1OCC2. The van der Waals surface area contributed by atoms with Gasteiger partial charge in [0.25, 0.3) is 0 Å². The molecule has 0 radical (unpaired) electrons. The maximum atomic E-state index is 8.92. The fourth-order valence-electron chi connectivity index (χ4n) is 3.42. The van der Waals surface area contributed by atoms with Crippen molar-refractivity contribution in [2.75, 3.05) is 19.8 Å². The van der Waals surface area contributed by atoms with E-state index in [0.717, 1.165) is 40.1 Å². The maximum absolute atomic E-state index is 8.92. The van der Waals surface area contributed by atoms with Crippen molar-refractivity contribution in [2.24, 2.45) is 10.7 Å². The average Bonchev–Trinajstić information content (AvgIpc) is 3.35. The van der Waals surface area contributed by atoms with E-state index in [4.69, 9.17) is 20.7 Å². The second-order valence-corrected chi connectivity index (χ2v) is 7.24. The van der Waals surface area contributed by atoms with Gasteiger partial charge >= 0.3 is 0 Å². The highest BCUT2D eigenvalue weighted by Gasteiger charge is 2.22. The van der Waals surface area contributed by atoms with Crippen LogP contribution in [0.2, 0.25) is 0 Å². The molecular formula is C21H25N7O2. The van der Waals surface area contributed by atoms with Gasteiger partial charge in [-0.05, 0) is 31.5 Å². The number of hydrogen-bond donors (Lipinski definition) is 2. The molecule has 0 bridgehead atoms. The zero-order chi connectivity index (χ0) is 21.1. The number of allylic oxidation sites excluding steroid dienone is 1. The van der Waals surface area contributed by atoms with Crippen LogP contribution in [0.15, 0.2) is 41.9 Å². The van der Waals surface area contributed by atoms with Gasteiger partial charge in [0, 0.05) is 41.7 Å². The fraction of sp³-hybridized carbons (Fsp3) is 0.333. The van der Waals surface area contributed by atoms with Crippen molar-refractivity contribution in [1.29, 1.82) is 0 Å². The molecule has 3 N–H and O–H groups in total. The Balaban J connectivity index is 1.72. The lowest BCUT2D eigenvalue weighted by Gasteiger charge is -2.11. The molecule has 0 fully saturated rings. The molecule has 4 rings (SSSR count). The number of aromatic nitrogens is 5. The summed E-state index contributed by atoms with van der Waals surface area (Å²) >= 11 is 0. The number of rotatable bonds is 6. The van der Waals surface area contributed by atoms with E-state index in [0.29, 0.717) is 19.1 Å². The molecule has 0 atom stereocenters. The lowest BCUT2D eigenvalue weighted by molar-refractivity contribution is 0.307. The van der Waals surface area contributed by atoms with Crippen molar-refractivity contribution in [1.82, 2.24) is 24.5 Å². The topological polar surface area (TPSA) is 116 Å². The molecule has 156 valence electrons. The minimum absolute atomic E-state index is 0.00233. The molecule has 1 aromatic carbocycles. The van der Waals surface area contributed by atoms with Crippen LogP contribution < -0.4 is 10.5 Å². The highest BCUT2D eigenvalue weighted by Crippen LogP contribution is 2.36. The second-order valence-electron chi connectivity index (χ2n) is 7.24. The van der Waals surface area contributed by atoms with Gasteiger partial charge in [-0.2, -0.15) is 15.2 Å². The standard InChI is InChI=1S/C21H25N7O2/c1-14(2)28-21(24-13-25-28)27-12-16-5-8-30-19-9-15(3-4-18(19)20(16)26-27)17(10-22)11-23-6-7-29/h3-4,9-14,29H,5-8,22H2,1-2H3. The van der Waals surface area contributed by atoms with Crippen LogP contribution in [0.25, 0.3) is 22.8 Å². The van der Waals surface area contributed by atoms with Gasteiger partial charge in [-0.25, -0.2) is 9.36 Å². The monoisotopic (exact) mass is 407 g/mol. The Labute approximate surface area is 174 Å². The third-order valence-corrected chi connectivity index (χ3v) is 4.88. The first-order valence-electron chi connectivity index (χ1n) is 9.91. The van der Waals surface area contributed by atoms with E-state index in [1.807, 2.05) is 29.1 Å². The summed E-state index contributed by atoms with van der Waals surface area (Å²) in [5, 5.41) is 18.0. The molecule has 0 aliphatic carbocycles. The lowest BCUT2D eigenvalue weighted by Crippen LogP contribution is -2.11. The van der Waals surface area contributed by atoms with E-state index in [1.165, 1.54) is 6.20 Å². The molecule has 3 aromatic rings. The van der Waals surface area contributed by atoms with Crippen molar-refractivity contribution in [2.45, 2.75) is 26.3 Å². The summed E-state index contributed by atoms with van der Waals surface area (Å²) in [6.45, 7) is 5.00. The van der Waals surface area contributed by atoms with Crippen LogP contribution >= 0.6 is 0 Å². The van der Waals surface area contributed by atoms with Gasteiger partial charge in [0.05, 0.1) is 31.5 Å². The molecule has 0 saturated heterocycles. The molecule has 9 nitrogen and oxygen atoms in total. The van der Waals surface area contributed by atoms with Gasteiger partial charge in [0.15, 0.2) is 0 Å². The van der Waals surface area contributed by atoms with Crippen LogP contribution in [0.5, 0.6) is 5.75 Å². The minimum atomic E-state index is -0.00233. The predicted octanol–water partition coefficient (Wildman–Crippen LogP) is 2.01. The van der Waals surface area contributed by atoms with Crippen LogP contribution in [0, 0.1) is 0 Å². The van der Waals surface area contributed by atoms with E-state index in [9.17, 15) is 0 Å². The molecule has 0 spiro atoms. The van der Waals surface area contributed by atoms with E-state index >= 15 is 0 Å². The highest BCUT2D eigenvalue weighted by atomic mass is 16.5. The van der Waals surface area contributed by atoms with Crippen LogP contribution in [-0.4, -0.2) is 55.6 Å². The van der Waals surface area contributed by atoms with Gasteiger partial charge in [-0.1, -0.05) is 6.07 Å². The number of benzene rings is 1.